The molecule has 1 aliphatic carbocycles. The SMILES string of the molecule is C=Cc1c(C=C)c2cc(-c3ccc4c(c3)C(C)(C)c3cc(-c5cccc(-c6ccc(C#N)cc6)c5)ccc3-4)c3ccccc3c2c2ccccc12. The van der Waals surface area contributed by atoms with Crippen molar-refractivity contribution < 1.29 is 0 Å². The van der Waals surface area contributed by atoms with Crippen molar-refractivity contribution in [1.82, 2.24) is 0 Å². The van der Waals surface area contributed by atoms with Gasteiger partial charge in [-0.1, -0.05) is 142 Å². The van der Waals surface area contributed by atoms with Gasteiger partial charge in [-0.2, -0.15) is 5.26 Å². The van der Waals surface area contributed by atoms with E-state index in [-0.39, 0.29) is 5.41 Å². The van der Waals surface area contributed by atoms with Crippen LogP contribution in [-0.4, -0.2) is 0 Å². The highest BCUT2D eigenvalue weighted by Gasteiger charge is 2.36. The highest BCUT2D eigenvalue weighted by atomic mass is 14.4. The Bertz CT molecular complexity index is 2800. The van der Waals surface area contributed by atoms with Gasteiger partial charge in [0.1, 0.15) is 0 Å². The van der Waals surface area contributed by atoms with Crippen LogP contribution in [0.2, 0.25) is 0 Å². The summed E-state index contributed by atoms with van der Waals surface area (Å²) in [6.45, 7) is 13.2. The first-order valence-electron chi connectivity index (χ1n) is 17.5. The average molecular weight is 650 g/mol. The maximum absolute atomic E-state index is 9.24. The number of nitriles is 1. The lowest BCUT2D eigenvalue weighted by Crippen LogP contribution is -2.15. The lowest BCUT2D eigenvalue weighted by Gasteiger charge is -2.23. The molecular formula is C50H35N. The number of benzene rings is 8. The number of nitrogens with zero attached hydrogens (tertiary/aromatic N) is 1. The number of hydrogen-bond acceptors (Lipinski definition) is 1. The van der Waals surface area contributed by atoms with Crippen molar-refractivity contribution in [1.29, 1.82) is 5.26 Å². The van der Waals surface area contributed by atoms with Crippen molar-refractivity contribution in [3.63, 3.8) is 0 Å². The molecule has 0 spiro atoms. The van der Waals surface area contributed by atoms with Crippen LogP contribution in [0, 0.1) is 11.3 Å². The summed E-state index contributed by atoms with van der Waals surface area (Å²) in [6.07, 6.45) is 3.96. The molecule has 0 saturated carbocycles. The van der Waals surface area contributed by atoms with E-state index in [1.54, 1.807) is 0 Å². The predicted molar refractivity (Wildman–Crippen MR) is 218 cm³/mol. The Morgan fingerprint density at radius 2 is 0.980 bits per heavy atom. The summed E-state index contributed by atoms with van der Waals surface area (Å²) in [5.74, 6) is 0. The van der Waals surface area contributed by atoms with Crippen LogP contribution in [0.25, 0.3) is 89.0 Å². The van der Waals surface area contributed by atoms with Crippen LogP contribution in [0.1, 0.15) is 41.7 Å². The fourth-order valence-corrected chi connectivity index (χ4v) is 8.48. The maximum atomic E-state index is 9.24. The zero-order chi connectivity index (χ0) is 34.9. The first-order chi connectivity index (χ1) is 24.9. The Morgan fingerprint density at radius 3 is 1.63 bits per heavy atom. The van der Waals surface area contributed by atoms with E-state index >= 15 is 0 Å². The molecule has 0 bridgehead atoms. The quantitative estimate of drug-likeness (QED) is 0.170. The van der Waals surface area contributed by atoms with Crippen LogP contribution in [0.15, 0.2) is 153 Å². The normalized spacial score (nSPS) is 12.8. The molecule has 0 aromatic heterocycles. The van der Waals surface area contributed by atoms with Crippen LogP contribution in [0.5, 0.6) is 0 Å². The van der Waals surface area contributed by atoms with Crippen LogP contribution < -0.4 is 0 Å². The second kappa shape index (κ2) is 11.5. The minimum absolute atomic E-state index is 0.188. The largest absolute Gasteiger partial charge is 0.192 e. The van der Waals surface area contributed by atoms with Gasteiger partial charge in [-0.3, -0.25) is 0 Å². The molecule has 0 fully saturated rings. The van der Waals surface area contributed by atoms with Gasteiger partial charge in [-0.05, 0) is 135 Å². The van der Waals surface area contributed by atoms with Crippen molar-refractivity contribution >= 4 is 44.5 Å². The Kier molecular flexibility index (Phi) is 6.92. The van der Waals surface area contributed by atoms with Gasteiger partial charge in [0.15, 0.2) is 0 Å². The van der Waals surface area contributed by atoms with Crippen molar-refractivity contribution in [2.24, 2.45) is 0 Å². The van der Waals surface area contributed by atoms with Crippen molar-refractivity contribution in [2.45, 2.75) is 19.3 Å². The molecule has 0 N–H and O–H groups in total. The van der Waals surface area contributed by atoms with E-state index in [0.29, 0.717) is 5.56 Å². The zero-order valence-corrected chi connectivity index (χ0v) is 28.8. The lowest BCUT2D eigenvalue weighted by molar-refractivity contribution is 0.661. The second-order valence-electron chi connectivity index (χ2n) is 14.1. The minimum Gasteiger partial charge on any atom is -0.192 e. The molecule has 0 aliphatic heterocycles. The molecule has 0 amide bonds. The molecule has 240 valence electrons. The summed E-state index contributed by atoms with van der Waals surface area (Å²) in [5.41, 5.74) is 15.1. The molecule has 1 heteroatoms. The third-order valence-corrected chi connectivity index (χ3v) is 11.0. The van der Waals surface area contributed by atoms with E-state index in [1.807, 2.05) is 36.4 Å². The first kappa shape index (κ1) is 30.6. The molecule has 51 heavy (non-hydrogen) atoms. The maximum Gasteiger partial charge on any atom is 0.0991 e. The van der Waals surface area contributed by atoms with Crippen LogP contribution >= 0.6 is 0 Å². The van der Waals surface area contributed by atoms with E-state index < -0.39 is 0 Å². The molecule has 0 saturated heterocycles. The standard InChI is InChI=1S/C50H35N/c1-5-37-38(6-2)46-29-45(40-15-8-10-17-44(40)49(46)43-16-9-7-14-39(37)43)36-23-25-42-41-24-22-35(27-47(41)50(3,4)48(42)28-36)34-13-11-12-33(26-34)32-20-18-31(30-51)19-21-32/h5-29H,1-2H2,3-4H3. The van der Waals surface area contributed by atoms with E-state index in [0.717, 1.165) is 22.3 Å². The highest BCUT2D eigenvalue weighted by Crippen LogP contribution is 2.51. The van der Waals surface area contributed by atoms with Crippen molar-refractivity contribution in [3.05, 3.63) is 181 Å². The van der Waals surface area contributed by atoms with E-state index in [1.165, 1.54) is 76.8 Å². The Balaban J connectivity index is 1.18. The third kappa shape index (κ3) is 4.61. The Morgan fingerprint density at radius 1 is 0.471 bits per heavy atom. The molecule has 1 nitrogen and oxygen atoms in total. The molecule has 0 unspecified atom stereocenters. The smallest absolute Gasteiger partial charge is 0.0991 e. The van der Waals surface area contributed by atoms with Gasteiger partial charge in [-0.25, -0.2) is 0 Å². The van der Waals surface area contributed by atoms with Gasteiger partial charge in [-0.15, -0.1) is 0 Å². The summed E-state index contributed by atoms with van der Waals surface area (Å²) in [4.78, 5) is 0. The van der Waals surface area contributed by atoms with Gasteiger partial charge >= 0.3 is 0 Å². The monoisotopic (exact) mass is 649 g/mol. The summed E-state index contributed by atoms with van der Waals surface area (Å²) < 4.78 is 0. The molecule has 9 rings (SSSR count). The second-order valence-corrected chi connectivity index (χ2v) is 14.1. The molecule has 0 heterocycles. The lowest BCUT2D eigenvalue weighted by atomic mass is 9.80. The Labute approximate surface area is 299 Å². The predicted octanol–water partition coefficient (Wildman–Crippen LogP) is 13.6. The fourth-order valence-electron chi connectivity index (χ4n) is 8.48. The molecule has 0 atom stereocenters. The Hall–Kier alpha value is -6.49. The van der Waals surface area contributed by atoms with Crippen molar-refractivity contribution in [2.75, 3.05) is 0 Å². The number of fused-ring (bicyclic) bond motifs is 8. The summed E-state index contributed by atoms with van der Waals surface area (Å²) in [5, 5.41) is 16.6. The number of hydrogen-bond donors (Lipinski definition) is 0. The number of rotatable bonds is 5. The zero-order valence-electron chi connectivity index (χ0n) is 28.8. The molecule has 8 aromatic carbocycles. The van der Waals surface area contributed by atoms with Crippen molar-refractivity contribution in [3.8, 4) is 50.6 Å². The topological polar surface area (TPSA) is 23.8 Å². The summed E-state index contributed by atoms with van der Waals surface area (Å²) >= 11 is 0. The van der Waals surface area contributed by atoms with Crippen LogP contribution in [-0.2, 0) is 5.41 Å². The highest BCUT2D eigenvalue weighted by molar-refractivity contribution is 6.26. The summed E-state index contributed by atoms with van der Waals surface area (Å²) in [7, 11) is 0. The van der Waals surface area contributed by atoms with E-state index in [2.05, 4.69) is 148 Å². The van der Waals surface area contributed by atoms with Gasteiger partial charge in [0.25, 0.3) is 0 Å². The summed E-state index contributed by atoms with van der Waals surface area (Å²) in [6, 6.07) is 52.6. The molecule has 0 radical (unpaired) electrons. The van der Waals surface area contributed by atoms with Crippen LogP contribution in [0.3, 0.4) is 0 Å². The van der Waals surface area contributed by atoms with Crippen LogP contribution in [0.4, 0.5) is 0 Å². The van der Waals surface area contributed by atoms with Gasteiger partial charge in [0, 0.05) is 5.41 Å². The molecule has 8 aromatic rings. The minimum atomic E-state index is -0.188. The van der Waals surface area contributed by atoms with Gasteiger partial charge < -0.3 is 0 Å². The fraction of sp³-hybridized carbons (Fsp3) is 0.0600. The van der Waals surface area contributed by atoms with E-state index in [9.17, 15) is 5.26 Å². The first-order valence-corrected chi connectivity index (χ1v) is 17.5. The third-order valence-electron chi connectivity index (χ3n) is 11.0. The van der Waals surface area contributed by atoms with Gasteiger partial charge in [0.2, 0.25) is 0 Å². The van der Waals surface area contributed by atoms with E-state index in [4.69, 9.17) is 0 Å². The molecule has 1 aliphatic rings. The average Bonchev–Trinajstić information content (AvgIpc) is 3.41. The molecular weight excluding hydrogens is 615 g/mol. The van der Waals surface area contributed by atoms with Gasteiger partial charge in [0.05, 0.1) is 11.6 Å².